The van der Waals surface area contributed by atoms with Crippen LogP contribution in [0.1, 0.15) is 48.0 Å². The summed E-state index contributed by atoms with van der Waals surface area (Å²) in [4.78, 5) is 12.3. The lowest BCUT2D eigenvalue weighted by Gasteiger charge is -2.26. The summed E-state index contributed by atoms with van der Waals surface area (Å²) in [5.41, 5.74) is 0.381. The molecule has 1 N–H and O–H groups in total. The molecule has 0 aliphatic heterocycles. The van der Waals surface area contributed by atoms with Gasteiger partial charge < -0.3 is 5.32 Å². The van der Waals surface area contributed by atoms with Gasteiger partial charge in [-0.3, -0.25) is 4.79 Å². The lowest BCUT2D eigenvalue weighted by Crippen LogP contribution is -2.24. The van der Waals surface area contributed by atoms with Crippen LogP contribution < -0.4 is 5.32 Å². The Morgan fingerprint density at radius 2 is 1.76 bits per heavy atom. The van der Waals surface area contributed by atoms with Crippen LogP contribution in [-0.4, -0.2) is 18.0 Å². The Labute approximate surface area is 143 Å². The Bertz CT molecular complexity index is 876. The summed E-state index contributed by atoms with van der Waals surface area (Å²) in [6.45, 7) is 0. The molecule has 2 aliphatic carbocycles. The first-order valence-electron chi connectivity index (χ1n) is 8.61. The highest BCUT2D eigenvalue weighted by atomic mass is 19.4. The molecule has 0 saturated heterocycles. The Balaban J connectivity index is 1.82. The molecule has 2 aliphatic rings. The molecule has 4 rings (SSSR count). The zero-order valence-electron chi connectivity index (χ0n) is 13.6. The van der Waals surface area contributed by atoms with Crippen molar-refractivity contribution in [3.05, 3.63) is 47.0 Å². The van der Waals surface area contributed by atoms with E-state index in [1.807, 2.05) is 12.1 Å². The van der Waals surface area contributed by atoms with Crippen LogP contribution in [0.2, 0.25) is 0 Å². The average Bonchev–Trinajstić information content (AvgIpc) is 2.59. The van der Waals surface area contributed by atoms with Crippen LogP contribution in [0.5, 0.6) is 0 Å². The van der Waals surface area contributed by atoms with Crippen LogP contribution in [0.3, 0.4) is 0 Å². The van der Waals surface area contributed by atoms with E-state index in [1.54, 1.807) is 12.1 Å². The molecular weight excluding hydrogens is 327 g/mol. The van der Waals surface area contributed by atoms with Crippen LogP contribution >= 0.6 is 0 Å². The van der Waals surface area contributed by atoms with Crippen molar-refractivity contribution in [1.82, 2.24) is 0 Å². The minimum atomic E-state index is -4.64. The third-order valence-electron chi connectivity index (χ3n) is 5.13. The molecule has 0 aromatic heterocycles. The van der Waals surface area contributed by atoms with Gasteiger partial charge in [-0.25, -0.2) is 0 Å². The molecule has 1 saturated carbocycles. The number of alkyl halides is 3. The lowest BCUT2D eigenvalue weighted by molar-refractivity contribution is -0.0878. The summed E-state index contributed by atoms with van der Waals surface area (Å²) in [5, 5.41) is 4.95. The number of anilines is 1. The van der Waals surface area contributed by atoms with Crippen LogP contribution in [0.4, 0.5) is 18.9 Å². The number of hydrogen-bond acceptors (Lipinski definition) is 2. The maximum Gasteiger partial charge on any atom is 0.420 e. The zero-order valence-corrected chi connectivity index (χ0v) is 13.6. The largest absolute Gasteiger partial charge is 0.420 e. The van der Waals surface area contributed by atoms with Crippen molar-refractivity contribution in [1.29, 1.82) is 0 Å². The van der Waals surface area contributed by atoms with Gasteiger partial charge in [-0.15, -0.1) is 0 Å². The standard InChI is InChI=1S/C20H18F3NO/c21-20(22,23)16-11-12-9-10-17(24-13-5-2-1-3-6-13)14-7-4-8-15(18(12)14)19(16)25/h4,7-11,13,24H,1-3,5-6H2. The van der Waals surface area contributed by atoms with E-state index in [4.69, 9.17) is 0 Å². The Hall–Kier alpha value is -2.30. The van der Waals surface area contributed by atoms with Gasteiger partial charge in [0.15, 0.2) is 5.78 Å². The van der Waals surface area contributed by atoms with E-state index in [0.717, 1.165) is 30.0 Å². The summed E-state index contributed by atoms with van der Waals surface area (Å²) in [6.07, 6.45) is 2.16. The topological polar surface area (TPSA) is 29.1 Å². The van der Waals surface area contributed by atoms with E-state index in [1.165, 1.54) is 25.3 Å². The van der Waals surface area contributed by atoms with Gasteiger partial charge in [-0.2, -0.15) is 13.2 Å². The highest BCUT2D eigenvalue weighted by Crippen LogP contribution is 2.40. The molecule has 0 heterocycles. The quantitative estimate of drug-likeness (QED) is 0.753. The summed E-state index contributed by atoms with van der Waals surface area (Å²) < 4.78 is 39.5. The van der Waals surface area contributed by atoms with Gasteiger partial charge in [0, 0.05) is 28.1 Å². The fourth-order valence-corrected chi connectivity index (χ4v) is 3.91. The number of nitrogens with one attached hydrogen (secondary N) is 1. The molecule has 0 amide bonds. The molecule has 1 fully saturated rings. The molecule has 25 heavy (non-hydrogen) atoms. The predicted octanol–water partition coefficient (Wildman–Crippen LogP) is 5.73. The molecule has 0 radical (unpaired) electrons. The number of benzene rings is 2. The average molecular weight is 345 g/mol. The van der Waals surface area contributed by atoms with Gasteiger partial charge in [-0.1, -0.05) is 43.5 Å². The van der Waals surface area contributed by atoms with E-state index in [-0.39, 0.29) is 5.56 Å². The number of halogens is 3. The van der Waals surface area contributed by atoms with E-state index in [0.29, 0.717) is 17.0 Å². The number of allylic oxidation sites excluding steroid dienone is 1. The van der Waals surface area contributed by atoms with Crippen molar-refractivity contribution in [2.45, 2.75) is 44.3 Å². The first-order chi connectivity index (χ1) is 11.9. The minimum Gasteiger partial charge on any atom is -0.382 e. The molecule has 2 nitrogen and oxygen atoms in total. The third kappa shape index (κ3) is 2.81. The van der Waals surface area contributed by atoms with Gasteiger partial charge in [0.25, 0.3) is 0 Å². The number of carbonyl (C=O) groups is 1. The highest BCUT2D eigenvalue weighted by molar-refractivity contribution is 6.24. The highest BCUT2D eigenvalue weighted by Gasteiger charge is 2.41. The van der Waals surface area contributed by atoms with Gasteiger partial charge >= 0.3 is 6.18 Å². The number of Topliss-reactive ketones (excluding diaryl/α,β-unsaturated/α-hetero) is 1. The van der Waals surface area contributed by atoms with Crippen LogP contribution in [0, 0.1) is 0 Å². The lowest BCUT2D eigenvalue weighted by atomic mass is 9.87. The molecule has 0 bridgehead atoms. The number of rotatable bonds is 2. The number of ketones is 1. The van der Waals surface area contributed by atoms with Gasteiger partial charge in [0.1, 0.15) is 5.57 Å². The van der Waals surface area contributed by atoms with Crippen LogP contribution in [-0.2, 0) is 0 Å². The molecule has 130 valence electrons. The normalized spacial score (nSPS) is 18.4. The van der Waals surface area contributed by atoms with Crippen molar-refractivity contribution in [3.8, 4) is 0 Å². The van der Waals surface area contributed by atoms with Gasteiger partial charge in [0.2, 0.25) is 0 Å². The fraction of sp³-hybridized carbons (Fsp3) is 0.350. The van der Waals surface area contributed by atoms with E-state index < -0.39 is 17.5 Å². The molecular formula is C20H18F3NO. The van der Waals surface area contributed by atoms with Crippen LogP contribution in [0.25, 0.3) is 16.8 Å². The predicted molar refractivity (Wildman–Crippen MR) is 92.8 cm³/mol. The van der Waals surface area contributed by atoms with Crippen molar-refractivity contribution >= 4 is 28.3 Å². The van der Waals surface area contributed by atoms with Crippen molar-refractivity contribution in [2.75, 3.05) is 5.32 Å². The van der Waals surface area contributed by atoms with Crippen molar-refractivity contribution in [3.63, 3.8) is 0 Å². The van der Waals surface area contributed by atoms with Gasteiger partial charge in [-0.05, 0) is 30.5 Å². The Morgan fingerprint density at radius 1 is 1.00 bits per heavy atom. The molecule has 5 heteroatoms. The third-order valence-corrected chi connectivity index (χ3v) is 5.13. The second-order valence-electron chi connectivity index (χ2n) is 6.79. The second-order valence-corrected chi connectivity index (χ2v) is 6.79. The van der Waals surface area contributed by atoms with Crippen molar-refractivity contribution < 1.29 is 18.0 Å². The summed E-state index contributed by atoms with van der Waals surface area (Å²) in [5.74, 6) is -0.944. The van der Waals surface area contributed by atoms with E-state index in [9.17, 15) is 18.0 Å². The van der Waals surface area contributed by atoms with Crippen molar-refractivity contribution in [2.24, 2.45) is 0 Å². The molecule has 2 aromatic rings. The summed E-state index contributed by atoms with van der Waals surface area (Å²) in [7, 11) is 0. The molecule has 2 aromatic carbocycles. The Kier molecular flexibility index (Phi) is 3.82. The first-order valence-corrected chi connectivity index (χ1v) is 8.61. The summed E-state index contributed by atoms with van der Waals surface area (Å²) in [6, 6.07) is 8.90. The maximum atomic E-state index is 13.2. The number of carbonyl (C=O) groups excluding carboxylic acids is 1. The monoisotopic (exact) mass is 345 g/mol. The minimum absolute atomic E-state index is 0.134. The summed E-state index contributed by atoms with van der Waals surface area (Å²) >= 11 is 0. The van der Waals surface area contributed by atoms with E-state index in [2.05, 4.69) is 5.32 Å². The second kappa shape index (κ2) is 5.90. The fourth-order valence-electron chi connectivity index (χ4n) is 3.91. The SMILES string of the molecule is O=C1C(C(F)(F)F)=Cc2ccc(NC3CCCCC3)c3cccc1c23. The van der Waals surface area contributed by atoms with Gasteiger partial charge in [0.05, 0.1) is 0 Å². The number of hydrogen-bond donors (Lipinski definition) is 1. The van der Waals surface area contributed by atoms with E-state index >= 15 is 0 Å². The molecule has 0 spiro atoms. The first kappa shape index (κ1) is 16.2. The molecule has 0 atom stereocenters. The molecule has 0 unspecified atom stereocenters. The van der Waals surface area contributed by atoms with Crippen LogP contribution in [0.15, 0.2) is 35.9 Å². The Morgan fingerprint density at radius 3 is 2.48 bits per heavy atom. The zero-order chi connectivity index (χ0) is 17.6. The maximum absolute atomic E-state index is 13.2. The smallest absolute Gasteiger partial charge is 0.382 e.